The summed E-state index contributed by atoms with van der Waals surface area (Å²) in [6.07, 6.45) is 2.61. The van der Waals surface area contributed by atoms with Crippen molar-refractivity contribution in [2.45, 2.75) is 32.3 Å². The van der Waals surface area contributed by atoms with Crippen molar-refractivity contribution in [3.05, 3.63) is 40.2 Å². The van der Waals surface area contributed by atoms with Crippen LogP contribution in [0.1, 0.15) is 25.8 Å². The number of ether oxygens (including phenoxy) is 3. The topological polar surface area (TPSA) is 98.4 Å². The van der Waals surface area contributed by atoms with Gasteiger partial charge in [0.05, 0.1) is 19.8 Å². The molecule has 1 aliphatic rings. The van der Waals surface area contributed by atoms with Gasteiger partial charge < -0.3 is 28.8 Å². The molecule has 2 N–H and O–H groups in total. The molecule has 3 aromatic rings. The summed E-state index contributed by atoms with van der Waals surface area (Å²) in [5.41, 5.74) is 0.618. The average molecular weight is 398 g/mol. The Morgan fingerprint density at radius 3 is 2.45 bits per heavy atom. The smallest absolute Gasteiger partial charge is 0.204 e. The van der Waals surface area contributed by atoms with Gasteiger partial charge in [-0.25, -0.2) is 0 Å². The van der Waals surface area contributed by atoms with Crippen LogP contribution in [0.25, 0.3) is 22.1 Å². The molecule has 0 bridgehead atoms. The van der Waals surface area contributed by atoms with Gasteiger partial charge in [-0.3, -0.25) is 4.79 Å². The molecule has 0 unspecified atom stereocenters. The van der Waals surface area contributed by atoms with Gasteiger partial charge in [-0.2, -0.15) is 0 Å². The van der Waals surface area contributed by atoms with Crippen molar-refractivity contribution in [3.8, 4) is 39.9 Å². The molecule has 0 saturated heterocycles. The van der Waals surface area contributed by atoms with Crippen LogP contribution >= 0.6 is 0 Å². The summed E-state index contributed by atoms with van der Waals surface area (Å²) in [6, 6.07) is 4.50. The lowest BCUT2D eigenvalue weighted by Gasteiger charge is -2.32. The molecule has 7 nitrogen and oxygen atoms in total. The average Bonchev–Trinajstić information content (AvgIpc) is 2.67. The molecule has 7 heteroatoms. The predicted octanol–water partition coefficient (Wildman–Crippen LogP) is 3.99. The van der Waals surface area contributed by atoms with Crippen molar-refractivity contribution >= 4 is 11.0 Å². The van der Waals surface area contributed by atoms with Gasteiger partial charge >= 0.3 is 0 Å². The molecule has 4 rings (SSSR count). The van der Waals surface area contributed by atoms with Crippen molar-refractivity contribution < 1.29 is 28.8 Å². The van der Waals surface area contributed by atoms with Crippen LogP contribution < -0.4 is 19.6 Å². The summed E-state index contributed by atoms with van der Waals surface area (Å²) in [5, 5.41) is 20.9. The zero-order chi connectivity index (χ0) is 20.9. The molecule has 29 heavy (non-hydrogen) atoms. The van der Waals surface area contributed by atoms with Crippen molar-refractivity contribution in [1.82, 2.24) is 0 Å². The second-order valence-corrected chi connectivity index (χ2v) is 7.64. The lowest BCUT2D eigenvalue weighted by molar-refractivity contribution is 0.0839. The number of methoxy groups -OCH3 is 2. The Morgan fingerprint density at radius 1 is 1.03 bits per heavy atom. The van der Waals surface area contributed by atoms with Crippen LogP contribution in [0.3, 0.4) is 0 Å². The minimum atomic E-state index is -0.414. The van der Waals surface area contributed by atoms with Crippen molar-refractivity contribution in [1.29, 1.82) is 0 Å². The lowest BCUT2D eigenvalue weighted by Crippen LogP contribution is -2.32. The van der Waals surface area contributed by atoms with Gasteiger partial charge in [0.1, 0.15) is 40.1 Å². The first kappa shape index (κ1) is 19.0. The fourth-order valence-electron chi connectivity index (χ4n) is 3.67. The molecular formula is C22H22O7. The van der Waals surface area contributed by atoms with E-state index in [2.05, 4.69) is 0 Å². The number of hydrogen-bond donors (Lipinski definition) is 2. The fourth-order valence-corrected chi connectivity index (χ4v) is 3.67. The van der Waals surface area contributed by atoms with E-state index in [-0.39, 0.29) is 45.1 Å². The van der Waals surface area contributed by atoms with Crippen LogP contribution in [-0.2, 0) is 6.42 Å². The van der Waals surface area contributed by atoms with Crippen molar-refractivity contribution in [2.24, 2.45) is 0 Å². The third-order valence-corrected chi connectivity index (χ3v) is 5.26. The SMILES string of the molecule is COc1cc(-c2coc3cc4c(c(O)c3c2=O)CCC(C)(C)O4)c(OC)cc1O. The molecule has 1 aromatic heterocycles. The quantitative estimate of drug-likeness (QED) is 0.688. The minimum Gasteiger partial charge on any atom is -0.507 e. The van der Waals surface area contributed by atoms with Gasteiger partial charge in [0.2, 0.25) is 5.43 Å². The Labute approximate surface area is 167 Å². The number of fused-ring (bicyclic) bond motifs is 2. The first-order valence-electron chi connectivity index (χ1n) is 9.20. The first-order valence-corrected chi connectivity index (χ1v) is 9.20. The summed E-state index contributed by atoms with van der Waals surface area (Å²) in [6.45, 7) is 3.95. The molecule has 0 aliphatic carbocycles. The molecule has 152 valence electrons. The summed E-state index contributed by atoms with van der Waals surface area (Å²) in [5.74, 6) is 0.734. The summed E-state index contributed by atoms with van der Waals surface area (Å²) < 4.78 is 22.1. The third kappa shape index (κ3) is 3.03. The highest BCUT2D eigenvalue weighted by Crippen LogP contribution is 2.43. The Hall–Kier alpha value is -3.35. The van der Waals surface area contributed by atoms with Crippen LogP contribution in [0.4, 0.5) is 0 Å². The van der Waals surface area contributed by atoms with E-state index in [1.54, 1.807) is 6.07 Å². The Kier molecular flexibility index (Phi) is 4.33. The Bertz CT molecular complexity index is 1170. The maximum atomic E-state index is 13.3. The fraction of sp³-hybridized carbons (Fsp3) is 0.318. The molecule has 1 aliphatic heterocycles. The van der Waals surface area contributed by atoms with Gasteiger partial charge in [-0.15, -0.1) is 0 Å². The maximum absolute atomic E-state index is 13.3. The number of aromatic hydroxyl groups is 2. The largest absolute Gasteiger partial charge is 0.507 e. The van der Waals surface area contributed by atoms with Crippen LogP contribution in [0, 0.1) is 0 Å². The van der Waals surface area contributed by atoms with Crippen LogP contribution in [-0.4, -0.2) is 30.0 Å². The van der Waals surface area contributed by atoms with E-state index in [4.69, 9.17) is 18.6 Å². The molecule has 0 atom stereocenters. The van der Waals surface area contributed by atoms with E-state index < -0.39 is 5.43 Å². The van der Waals surface area contributed by atoms with E-state index in [9.17, 15) is 15.0 Å². The number of benzene rings is 2. The Balaban J connectivity index is 1.97. The predicted molar refractivity (Wildman–Crippen MR) is 107 cm³/mol. The van der Waals surface area contributed by atoms with Crippen LogP contribution in [0.15, 0.2) is 33.7 Å². The van der Waals surface area contributed by atoms with Crippen LogP contribution in [0.2, 0.25) is 0 Å². The van der Waals surface area contributed by atoms with Crippen molar-refractivity contribution in [3.63, 3.8) is 0 Å². The molecule has 0 radical (unpaired) electrons. The molecule has 0 spiro atoms. The molecular weight excluding hydrogens is 376 g/mol. The Morgan fingerprint density at radius 2 is 1.76 bits per heavy atom. The summed E-state index contributed by atoms with van der Waals surface area (Å²) in [4.78, 5) is 13.3. The maximum Gasteiger partial charge on any atom is 0.204 e. The van der Waals surface area contributed by atoms with Crippen LogP contribution in [0.5, 0.6) is 28.7 Å². The van der Waals surface area contributed by atoms with Gasteiger partial charge in [0.15, 0.2) is 11.5 Å². The van der Waals surface area contributed by atoms with Gasteiger partial charge in [0.25, 0.3) is 0 Å². The molecule has 2 aromatic carbocycles. The molecule has 0 fully saturated rings. The number of rotatable bonds is 3. The van der Waals surface area contributed by atoms with Gasteiger partial charge in [-0.1, -0.05) is 0 Å². The number of phenols is 2. The highest BCUT2D eigenvalue weighted by molar-refractivity contribution is 5.90. The van der Waals surface area contributed by atoms with Crippen molar-refractivity contribution in [2.75, 3.05) is 14.2 Å². The molecule has 0 saturated carbocycles. The highest BCUT2D eigenvalue weighted by atomic mass is 16.5. The number of hydrogen-bond acceptors (Lipinski definition) is 7. The van der Waals surface area contributed by atoms with E-state index in [1.165, 1.54) is 32.6 Å². The van der Waals surface area contributed by atoms with E-state index in [0.717, 1.165) is 0 Å². The monoisotopic (exact) mass is 398 g/mol. The minimum absolute atomic E-state index is 0.0821. The van der Waals surface area contributed by atoms with E-state index in [1.807, 2.05) is 13.8 Å². The summed E-state index contributed by atoms with van der Waals surface area (Å²) in [7, 11) is 2.84. The molecule has 2 heterocycles. The second kappa shape index (κ2) is 6.62. The van der Waals surface area contributed by atoms with Gasteiger partial charge in [-0.05, 0) is 32.8 Å². The normalized spacial score (nSPS) is 14.9. The zero-order valence-corrected chi connectivity index (χ0v) is 16.7. The third-order valence-electron chi connectivity index (χ3n) is 5.26. The number of phenolic OH excluding ortho intramolecular Hbond substituents is 2. The van der Waals surface area contributed by atoms with E-state index >= 15 is 0 Å². The van der Waals surface area contributed by atoms with Gasteiger partial charge in [0, 0.05) is 23.3 Å². The highest BCUT2D eigenvalue weighted by Gasteiger charge is 2.30. The zero-order valence-electron chi connectivity index (χ0n) is 16.7. The molecule has 0 amide bonds. The second-order valence-electron chi connectivity index (χ2n) is 7.64. The van der Waals surface area contributed by atoms with E-state index in [0.29, 0.717) is 29.7 Å². The summed E-state index contributed by atoms with van der Waals surface area (Å²) >= 11 is 0. The first-order chi connectivity index (χ1) is 13.8. The standard InChI is InChI=1S/C22H22O7/c1-22(2)6-5-11-16(29-22)9-18-19(20(11)24)21(25)13(10-28-18)12-7-17(27-4)14(23)8-15(12)26-3/h7-10,23-24H,5-6H2,1-4H3. The lowest BCUT2D eigenvalue weighted by atomic mass is 9.92.